The Morgan fingerprint density at radius 1 is 0.850 bits per heavy atom. The van der Waals surface area contributed by atoms with Gasteiger partial charge in [-0.25, -0.2) is 0 Å². The summed E-state index contributed by atoms with van der Waals surface area (Å²) in [5.41, 5.74) is 4.49. The molecule has 0 aliphatic heterocycles. The van der Waals surface area contributed by atoms with Gasteiger partial charge in [-0.05, 0) is 24.3 Å². The lowest BCUT2D eigenvalue weighted by Gasteiger charge is -2.00. The first-order chi connectivity index (χ1) is 9.90. The van der Waals surface area contributed by atoms with Crippen LogP contribution in [-0.4, -0.2) is 14.6 Å². The van der Waals surface area contributed by atoms with Gasteiger partial charge in [0.1, 0.15) is 16.7 Å². The van der Waals surface area contributed by atoms with Crippen molar-refractivity contribution in [3.8, 4) is 0 Å². The number of furan rings is 1. The van der Waals surface area contributed by atoms with E-state index in [2.05, 4.69) is 16.3 Å². The van der Waals surface area contributed by atoms with Gasteiger partial charge >= 0.3 is 0 Å². The Hall–Kier alpha value is -2.88. The topological polar surface area (TPSA) is 43.3 Å². The van der Waals surface area contributed by atoms with Crippen LogP contribution in [0, 0.1) is 0 Å². The van der Waals surface area contributed by atoms with Crippen LogP contribution in [0.4, 0.5) is 0 Å². The van der Waals surface area contributed by atoms with Crippen molar-refractivity contribution in [2.75, 3.05) is 0 Å². The fourth-order valence-electron chi connectivity index (χ4n) is 2.78. The molecule has 20 heavy (non-hydrogen) atoms. The summed E-state index contributed by atoms with van der Waals surface area (Å²) in [6, 6.07) is 16.0. The van der Waals surface area contributed by atoms with E-state index >= 15 is 0 Å². The van der Waals surface area contributed by atoms with Gasteiger partial charge in [-0.2, -0.15) is 0 Å². The molecule has 4 heteroatoms. The maximum absolute atomic E-state index is 5.92. The molecule has 5 rings (SSSR count). The molecule has 0 amide bonds. The van der Waals surface area contributed by atoms with E-state index in [0.29, 0.717) is 0 Å². The lowest BCUT2D eigenvalue weighted by atomic mass is 10.1. The zero-order valence-electron chi connectivity index (χ0n) is 10.4. The first kappa shape index (κ1) is 9.97. The summed E-state index contributed by atoms with van der Waals surface area (Å²) in [6.45, 7) is 0. The van der Waals surface area contributed by atoms with Crippen LogP contribution in [0.2, 0.25) is 0 Å². The third kappa shape index (κ3) is 1.15. The molecule has 0 aliphatic rings. The highest BCUT2D eigenvalue weighted by Crippen LogP contribution is 2.31. The predicted octanol–water partition coefficient (Wildman–Crippen LogP) is 3.78. The largest absolute Gasteiger partial charge is 0.456 e. The average molecular weight is 259 g/mol. The smallest absolute Gasteiger partial charge is 0.159 e. The van der Waals surface area contributed by atoms with Crippen LogP contribution < -0.4 is 0 Å². The normalized spacial score (nSPS) is 12.0. The summed E-state index contributed by atoms with van der Waals surface area (Å²) in [4.78, 5) is 0. The first-order valence-electron chi connectivity index (χ1n) is 6.45. The molecule has 0 radical (unpaired) electrons. The van der Waals surface area contributed by atoms with Gasteiger partial charge in [0, 0.05) is 23.0 Å². The number of aromatic nitrogens is 3. The Morgan fingerprint density at radius 2 is 1.80 bits per heavy atom. The third-order valence-electron chi connectivity index (χ3n) is 3.72. The zero-order chi connectivity index (χ0) is 13.1. The number of benzene rings is 2. The summed E-state index contributed by atoms with van der Waals surface area (Å²) >= 11 is 0. The highest BCUT2D eigenvalue weighted by Gasteiger charge is 2.10. The number of hydrogen-bond donors (Lipinski definition) is 0. The van der Waals surface area contributed by atoms with Gasteiger partial charge < -0.3 is 4.42 Å². The summed E-state index contributed by atoms with van der Waals surface area (Å²) < 4.78 is 7.95. The molecule has 0 fully saturated rings. The molecule has 0 unspecified atom stereocenters. The van der Waals surface area contributed by atoms with Crippen LogP contribution in [0.25, 0.3) is 38.6 Å². The molecule has 3 aromatic heterocycles. The monoisotopic (exact) mass is 259 g/mol. The first-order valence-corrected chi connectivity index (χ1v) is 6.45. The molecule has 0 bridgehead atoms. The number of nitrogens with zero attached hydrogens (tertiary/aromatic N) is 3. The minimum absolute atomic E-state index is 0.841. The molecule has 94 valence electrons. The van der Waals surface area contributed by atoms with Crippen molar-refractivity contribution in [3.05, 3.63) is 54.7 Å². The van der Waals surface area contributed by atoms with Crippen molar-refractivity contribution >= 4 is 38.6 Å². The SMILES string of the molecule is c1ccc2c(c1)oc1cc3c(cc12)nnc1cccn13. The van der Waals surface area contributed by atoms with Gasteiger partial charge in [0.05, 0.1) is 5.52 Å². The summed E-state index contributed by atoms with van der Waals surface area (Å²) in [5.74, 6) is 0. The van der Waals surface area contributed by atoms with Gasteiger partial charge in [0.25, 0.3) is 0 Å². The second-order valence-electron chi connectivity index (χ2n) is 4.87. The Bertz CT molecular complexity index is 1100. The van der Waals surface area contributed by atoms with E-state index in [1.165, 1.54) is 0 Å². The molecular formula is C16H9N3O. The van der Waals surface area contributed by atoms with E-state index in [-0.39, 0.29) is 0 Å². The maximum Gasteiger partial charge on any atom is 0.159 e. The number of rotatable bonds is 0. The molecule has 4 nitrogen and oxygen atoms in total. The third-order valence-corrected chi connectivity index (χ3v) is 3.72. The van der Waals surface area contributed by atoms with E-state index in [1.807, 2.05) is 53.1 Å². The predicted molar refractivity (Wildman–Crippen MR) is 77.8 cm³/mol. The van der Waals surface area contributed by atoms with Crippen LogP contribution in [0.1, 0.15) is 0 Å². The van der Waals surface area contributed by atoms with Crippen LogP contribution in [0.5, 0.6) is 0 Å². The summed E-state index contributed by atoms with van der Waals surface area (Å²) in [7, 11) is 0. The fourth-order valence-corrected chi connectivity index (χ4v) is 2.78. The molecule has 0 saturated heterocycles. The Morgan fingerprint density at radius 3 is 2.80 bits per heavy atom. The molecular weight excluding hydrogens is 250 g/mol. The Balaban J connectivity index is 2.06. The van der Waals surface area contributed by atoms with E-state index in [9.17, 15) is 0 Å². The second kappa shape index (κ2) is 3.36. The lowest BCUT2D eigenvalue weighted by molar-refractivity contribution is 0.669. The highest BCUT2D eigenvalue weighted by molar-refractivity contribution is 6.08. The Labute approximate surface area is 113 Å². The minimum Gasteiger partial charge on any atom is -0.456 e. The molecule has 0 saturated carbocycles. The van der Waals surface area contributed by atoms with Gasteiger partial charge in [-0.15, -0.1) is 10.2 Å². The molecule has 0 N–H and O–H groups in total. The molecule has 2 aromatic carbocycles. The van der Waals surface area contributed by atoms with Crippen LogP contribution in [0.15, 0.2) is 59.1 Å². The molecule has 5 aromatic rings. The van der Waals surface area contributed by atoms with Gasteiger partial charge in [0.15, 0.2) is 5.65 Å². The number of hydrogen-bond acceptors (Lipinski definition) is 3. The Kier molecular flexibility index (Phi) is 1.68. The van der Waals surface area contributed by atoms with Crippen molar-refractivity contribution in [3.63, 3.8) is 0 Å². The van der Waals surface area contributed by atoms with Gasteiger partial charge in [-0.1, -0.05) is 18.2 Å². The minimum atomic E-state index is 0.841. The standard InChI is InChI=1S/C16H9N3O/c1-2-5-14-10(4-1)11-8-12-13(9-15(11)20-14)19-7-3-6-16(19)18-17-12/h1-9H. The van der Waals surface area contributed by atoms with E-state index in [0.717, 1.165) is 38.6 Å². The van der Waals surface area contributed by atoms with Crippen molar-refractivity contribution in [2.24, 2.45) is 0 Å². The van der Waals surface area contributed by atoms with E-state index < -0.39 is 0 Å². The fraction of sp³-hybridized carbons (Fsp3) is 0. The van der Waals surface area contributed by atoms with E-state index in [1.54, 1.807) is 0 Å². The highest BCUT2D eigenvalue weighted by atomic mass is 16.3. The van der Waals surface area contributed by atoms with E-state index in [4.69, 9.17) is 4.42 Å². The van der Waals surface area contributed by atoms with Crippen LogP contribution in [-0.2, 0) is 0 Å². The maximum atomic E-state index is 5.92. The van der Waals surface area contributed by atoms with Crippen molar-refractivity contribution in [2.45, 2.75) is 0 Å². The number of fused-ring (bicyclic) bond motifs is 6. The molecule has 0 aliphatic carbocycles. The van der Waals surface area contributed by atoms with Crippen LogP contribution in [0.3, 0.4) is 0 Å². The quantitative estimate of drug-likeness (QED) is 0.425. The summed E-state index contributed by atoms with van der Waals surface area (Å²) in [5, 5.41) is 10.7. The van der Waals surface area contributed by atoms with Crippen LogP contribution >= 0.6 is 0 Å². The molecule has 3 heterocycles. The second-order valence-corrected chi connectivity index (χ2v) is 4.87. The lowest BCUT2D eigenvalue weighted by Crippen LogP contribution is -1.92. The molecule has 0 spiro atoms. The van der Waals surface area contributed by atoms with Gasteiger partial charge in [0.2, 0.25) is 0 Å². The van der Waals surface area contributed by atoms with Crippen molar-refractivity contribution in [1.29, 1.82) is 0 Å². The van der Waals surface area contributed by atoms with Gasteiger partial charge in [-0.3, -0.25) is 4.40 Å². The van der Waals surface area contributed by atoms with Crippen molar-refractivity contribution in [1.82, 2.24) is 14.6 Å². The zero-order valence-corrected chi connectivity index (χ0v) is 10.4. The molecule has 0 atom stereocenters. The van der Waals surface area contributed by atoms with Crippen molar-refractivity contribution < 1.29 is 4.42 Å². The number of para-hydroxylation sites is 1. The summed E-state index contributed by atoms with van der Waals surface area (Å²) in [6.07, 6.45) is 1.99. The average Bonchev–Trinajstić information content (AvgIpc) is 3.09.